The van der Waals surface area contributed by atoms with Gasteiger partial charge in [0.15, 0.2) is 0 Å². The second-order valence-electron chi connectivity index (χ2n) is 9.75. The van der Waals surface area contributed by atoms with Crippen molar-refractivity contribution in [2.24, 2.45) is 23.7 Å². The van der Waals surface area contributed by atoms with Crippen molar-refractivity contribution in [3.05, 3.63) is 102 Å². The number of hydrogen-bond donors (Lipinski definition) is 0. The van der Waals surface area contributed by atoms with Gasteiger partial charge in [-0.3, -0.25) is 14.5 Å². The molecule has 1 saturated heterocycles. The molecule has 178 valence electrons. The number of hydrogen-bond acceptors (Lipinski definition) is 4. The molecule has 0 spiro atoms. The van der Waals surface area contributed by atoms with Crippen molar-refractivity contribution >= 4 is 29.5 Å². The van der Waals surface area contributed by atoms with Crippen LogP contribution in [0.15, 0.2) is 91.0 Å². The monoisotopic (exact) mass is 475 g/mol. The number of esters is 1. The molecule has 3 aromatic carbocycles. The molecule has 4 unspecified atom stereocenters. The predicted molar refractivity (Wildman–Crippen MR) is 138 cm³/mol. The molecule has 1 heterocycles. The molecule has 4 atom stereocenters. The van der Waals surface area contributed by atoms with E-state index >= 15 is 0 Å². The van der Waals surface area contributed by atoms with Crippen molar-refractivity contribution in [2.45, 2.75) is 13.3 Å². The summed E-state index contributed by atoms with van der Waals surface area (Å²) in [4.78, 5) is 39.6. The van der Waals surface area contributed by atoms with Gasteiger partial charge in [-0.05, 0) is 72.2 Å². The number of rotatable bonds is 5. The average molecular weight is 476 g/mol. The van der Waals surface area contributed by atoms with Crippen LogP contribution in [0, 0.1) is 30.6 Å². The minimum absolute atomic E-state index is 0.122. The number of allylic oxidation sites excluding steroid dienone is 2. The summed E-state index contributed by atoms with van der Waals surface area (Å²) in [5.41, 5.74) is 4.87. The molecule has 3 aromatic rings. The summed E-state index contributed by atoms with van der Waals surface area (Å²) in [6.07, 6.45) is 8.15. The maximum atomic E-state index is 13.0. The van der Waals surface area contributed by atoms with Gasteiger partial charge in [0.05, 0.1) is 17.5 Å². The van der Waals surface area contributed by atoms with Gasteiger partial charge in [-0.1, -0.05) is 66.2 Å². The van der Waals surface area contributed by atoms with Crippen LogP contribution in [-0.4, -0.2) is 17.8 Å². The van der Waals surface area contributed by atoms with E-state index in [0.717, 1.165) is 23.1 Å². The van der Waals surface area contributed by atoms with E-state index in [1.807, 2.05) is 24.3 Å². The van der Waals surface area contributed by atoms with Crippen molar-refractivity contribution in [2.75, 3.05) is 4.90 Å². The third-order valence-corrected chi connectivity index (χ3v) is 7.49. The Morgan fingerprint density at radius 2 is 1.36 bits per heavy atom. The zero-order valence-corrected chi connectivity index (χ0v) is 19.8. The number of fused-ring (bicyclic) bond motifs is 5. The van der Waals surface area contributed by atoms with Gasteiger partial charge in [-0.25, -0.2) is 4.79 Å². The molecule has 1 saturated carbocycles. The van der Waals surface area contributed by atoms with E-state index in [1.54, 1.807) is 30.3 Å². The van der Waals surface area contributed by atoms with E-state index in [4.69, 9.17) is 4.74 Å². The number of benzene rings is 3. The number of anilines is 1. The number of carbonyl (C=O) groups excluding carboxylic acids is 3. The SMILES string of the molecule is Cc1ccc(-c2ccc(/C=C/C(=O)Oc3ccc(N4C(=O)C5C6C=CC(C6)C5C4=O)cc3)cc2)cc1. The van der Waals surface area contributed by atoms with Gasteiger partial charge in [0.1, 0.15) is 5.75 Å². The smallest absolute Gasteiger partial charge is 0.336 e. The summed E-state index contributed by atoms with van der Waals surface area (Å²) in [6, 6.07) is 22.8. The van der Waals surface area contributed by atoms with E-state index < -0.39 is 5.97 Å². The Morgan fingerprint density at radius 1 is 0.806 bits per heavy atom. The van der Waals surface area contributed by atoms with Crippen molar-refractivity contribution in [1.82, 2.24) is 0 Å². The maximum Gasteiger partial charge on any atom is 0.336 e. The predicted octanol–water partition coefficient (Wildman–Crippen LogP) is 5.59. The van der Waals surface area contributed by atoms with Crippen molar-refractivity contribution in [3.8, 4) is 16.9 Å². The molecular formula is C31H25NO4. The zero-order valence-electron chi connectivity index (χ0n) is 19.8. The van der Waals surface area contributed by atoms with Crippen LogP contribution in [0.4, 0.5) is 5.69 Å². The highest BCUT2D eigenvalue weighted by Crippen LogP contribution is 2.53. The minimum atomic E-state index is -0.504. The standard InChI is InChI=1S/C31H25NO4/c1-19-2-7-21(8-3-19)22-9-4-20(5-10-22)6-17-27(33)36-26-15-13-25(14-16-26)32-30(34)28-23-11-12-24(18-23)29(28)31(32)35/h2-17,23-24,28-29H,18H2,1H3/b17-6+. The summed E-state index contributed by atoms with van der Waals surface area (Å²) in [5.74, 6) is -0.521. The topological polar surface area (TPSA) is 63.7 Å². The fraction of sp³-hybridized carbons (Fsp3) is 0.194. The molecule has 1 aliphatic heterocycles. The molecule has 2 aliphatic carbocycles. The second kappa shape index (κ2) is 8.76. The van der Waals surface area contributed by atoms with Crippen LogP contribution in [0.1, 0.15) is 17.5 Å². The molecule has 0 radical (unpaired) electrons. The van der Waals surface area contributed by atoms with Crippen LogP contribution < -0.4 is 9.64 Å². The van der Waals surface area contributed by atoms with Gasteiger partial charge in [-0.15, -0.1) is 0 Å². The lowest BCUT2D eigenvalue weighted by molar-refractivity contribution is -0.129. The molecule has 6 rings (SSSR count). The highest BCUT2D eigenvalue weighted by Gasteiger charge is 2.59. The van der Waals surface area contributed by atoms with Crippen LogP contribution >= 0.6 is 0 Å². The Morgan fingerprint density at radius 3 is 1.94 bits per heavy atom. The normalized spacial score (nSPS) is 24.1. The van der Waals surface area contributed by atoms with Gasteiger partial charge in [-0.2, -0.15) is 0 Å². The Labute approximate surface area is 209 Å². The molecule has 5 nitrogen and oxygen atoms in total. The summed E-state index contributed by atoms with van der Waals surface area (Å²) < 4.78 is 5.41. The van der Waals surface area contributed by atoms with E-state index in [0.29, 0.717) is 11.4 Å². The average Bonchev–Trinajstić information content (AvgIpc) is 3.58. The van der Waals surface area contributed by atoms with Crippen LogP contribution in [0.3, 0.4) is 0 Å². The summed E-state index contributed by atoms with van der Waals surface area (Å²) >= 11 is 0. The van der Waals surface area contributed by atoms with Crippen LogP contribution in [0.2, 0.25) is 0 Å². The molecular weight excluding hydrogens is 450 g/mol. The maximum absolute atomic E-state index is 13.0. The summed E-state index contributed by atoms with van der Waals surface area (Å²) in [7, 11) is 0. The number of nitrogens with zero attached hydrogens (tertiary/aromatic N) is 1. The second-order valence-corrected chi connectivity index (χ2v) is 9.75. The molecule has 2 fully saturated rings. The number of amides is 2. The minimum Gasteiger partial charge on any atom is -0.423 e. The fourth-order valence-corrected chi connectivity index (χ4v) is 5.67. The Kier molecular flexibility index (Phi) is 5.41. The van der Waals surface area contributed by atoms with Crippen LogP contribution in [-0.2, 0) is 14.4 Å². The van der Waals surface area contributed by atoms with Gasteiger partial charge in [0, 0.05) is 6.08 Å². The third kappa shape index (κ3) is 3.87. The number of carbonyl (C=O) groups is 3. The molecule has 2 bridgehead atoms. The Hall–Kier alpha value is -4.25. The first kappa shape index (κ1) is 22.2. The van der Waals surface area contributed by atoms with Gasteiger partial charge in [0.25, 0.3) is 0 Å². The Balaban J connectivity index is 1.08. The zero-order chi connectivity index (χ0) is 24.8. The Bertz CT molecular complexity index is 1370. The molecule has 3 aliphatic rings. The van der Waals surface area contributed by atoms with E-state index in [9.17, 15) is 14.4 Å². The molecule has 0 aromatic heterocycles. The fourth-order valence-electron chi connectivity index (χ4n) is 5.67. The molecule has 5 heteroatoms. The first-order valence-electron chi connectivity index (χ1n) is 12.2. The summed E-state index contributed by atoms with van der Waals surface area (Å²) in [5, 5.41) is 0. The van der Waals surface area contributed by atoms with E-state index in [2.05, 4.69) is 43.3 Å². The molecule has 0 N–H and O–H groups in total. The largest absolute Gasteiger partial charge is 0.423 e. The lowest BCUT2D eigenvalue weighted by Crippen LogP contribution is -2.32. The van der Waals surface area contributed by atoms with Crippen molar-refractivity contribution in [1.29, 1.82) is 0 Å². The van der Waals surface area contributed by atoms with E-state index in [-0.39, 0.29) is 35.5 Å². The van der Waals surface area contributed by atoms with Crippen molar-refractivity contribution < 1.29 is 19.1 Å². The first-order chi connectivity index (χ1) is 17.5. The van der Waals surface area contributed by atoms with Crippen LogP contribution in [0.25, 0.3) is 17.2 Å². The van der Waals surface area contributed by atoms with Gasteiger partial charge in [0.2, 0.25) is 11.8 Å². The number of imide groups is 1. The third-order valence-electron chi connectivity index (χ3n) is 7.49. The van der Waals surface area contributed by atoms with Crippen molar-refractivity contribution in [3.63, 3.8) is 0 Å². The number of aryl methyl sites for hydroxylation is 1. The van der Waals surface area contributed by atoms with Crippen LogP contribution in [0.5, 0.6) is 5.75 Å². The highest BCUT2D eigenvalue weighted by atomic mass is 16.5. The lowest BCUT2D eigenvalue weighted by Gasteiger charge is -2.17. The van der Waals surface area contributed by atoms with Gasteiger partial charge < -0.3 is 4.74 Å². The van der Waals surface area contributed by atoms with E-state index in [1.165, 1.54) is 16.5 Å². The summed E-state index contributed by atoms with van der Waals surface area (Å²) in [6.45, 7) is 2.06. The first-order valence-corrected chi connectivity index (χ1v) is 12.2. The molecule has 2 amide bonds. The lowest BCUT2D eigenvalue weighted by atomic mass is 9.85. The molecule has 36 heavy (non-hydrogen) atoms. The number of ether oxygens (including phenoxy) is 1. The highest BCUT2D eigenvalue weighted by molar-refractivity contribution is 6.22. The quantitative estimate of drug-likeness (QED) is 0.159. The van der Waals surface area contributed by atoms with Gasteiger partial charge >= 0.3 is 5.97 Å².